The Morgan fingerprint density at radius 3 is 2.82 bits per heavy atom. The van der Waals surface area contributed by atoms with E-state index in [1.807, 2.05) is 42.7 Å². The van der Waals surface area contributed by atoms with Gasteiger partial charge in [-0.2, -0.15) is 5.26 Å². The smallest absolute Gasteiger partial charge is 0.235 e. The van der Waals surface area contributed by atoms with E-state index >= 15 is 0 Å². The van der Waals surface area contributed by atoms with Gasteiger partial charge in [0, 0.05) is 17.0 Å². The third-order valence-electron chi connectivity index (χ3n) is 5.67. The van der Waals surface area contributed by atoms with Gasteiger partial charge in [-0.3, -0.25) is 4.79 Å². The van der Waals surface area contributed by atoms with Gasteiger partial charge < -0.3 is 14.6 Å². The molecule has 0 bridgehead atoms. The lowest BCUT2D eigenvalue weighted by molar-refractivity contribution is -0.113. The molecular weight excluding hydrogens is 454 g/mol. The first kappa shape index (κ1) is 23.3. The van der Waals surface area contributed by atoms with Gasteiger partial charge in [0.15, 0.2) is 11.0 Å². The van der Waals surface area contributed by atoms with Gasteiger partial charge in [0.05, 0.1) is 17.9 Å². The van der Waals surface area contributed by atoms with Crippen LogP contribution in [0.1, 0.15) is 43.2 Å². The molecule has 1 atom stereocenters. The Balaban J connectivity index is 1.44. The Morgan fingerprint density at radius 1 is 1.33 bits per heavy atom. The van der Waals surface area contributed by atoms with E-state index in [0.717, 1.165) is 42.0 Å². The second-order valence-corrected chi connectivity index (χ2v) is 10.1. The van der Waals surface area contributed by atoms with Crippen molar-refractivity contribution in [1.29, 1.82) is 5.26 Å². The Hall–Kier alpha value is -2.83. The predicted octanol–water partition coefficient (Wildman–Crippen LogP) is 5.15. The largest absolute Gasteiger partial charge is 0.494 e. The van der Waals surface area contributed by atoms with Gasteiger partial charge in [-0.05, 0) is 68.9 Å². The van der Waals surface area contributed by atoms with Crippen molar-refractivity contribution in [2.75, 3.05) is 17.7 Å². The van der Waals surface area contributed by atoms with Gasteiger partial charge in [-0.1, -0.05) is 18.7 Å². The summed E-state index contributed by atoms with van der Waals surface area (Å²) in [7, 11) is 0. The highest BCUT2D eigenvalue weighted by Crippen LogP contribution is 2.39. The minimum absolute atomic E-state index is 0.142. The third-order valence-corrected chi connectivity index (χ3v) is 7.80. The normalized spacial score (nSPS) is 15.0. The minimum atomic E-state index is -0.142. The van der Waals surface area contributed by atoms with Gasteiger partial charge in [-0.25, -0.2) is 0 Å². The monoisotopic (exact) mass is 481 g/mol. The van der Waals surface area contributed by atoms with Crippen molar-refractivity contribution in [1.82, 2.24) is 14.8 Å². The zero-order chi connectivity index (χ0) is 23.4. The molecule has 9 heteroatoms. The number of hydrogen-bond acceptors (Lipinski definition) is 7. The van der Waals surface area contributed by atoms with Gasteiger partial charge in [-0.15, -0.1) is 21.5 Å². The molecule has 0 saturated carbocycles. The molecule has 1 N–H and O–H groups in total. The van der Waals surface area contributed by atoms with Crippen molar-refractivity contribution in [3.05, 3.63) is 40.3 Å². The Kier molecular flexibility index (Phi) is 7.36. The molecule has 0 spiro atoms. The summed E-state index contributed by atoms with van der Waals surface area (Å²) in [6, 6.07) is 10.1. The number of carbonyl (C=O) groups is 1. The van der Waals surface area contributed by atoms with Gasteiger partial charge in [0.25, 0.3) is 0 Å². The maximum absolute atomic E-state index is 12.7. The highest BCUT2D eigenvalue weighted by Gasteiger charge is 2.25. The summed E-state index contributed by atoms with van der Waals surface area (Å²) in [6.45, 7) is 7.52. The molecule has 1 aliphatic carbocycles. The van der Waals surface area contributed by atoms with E-state index in [1.165, 1.54) is 16.6 Å². The molecule has 172 valence electrons. The highest BCUT2D eigenvalue weighted by atomic mass is 32.2. The van der Waals surface area contributed by atoms with Crippen molar-refractivity contribution < 1.29 is 9.53 Å². The van der Waals surface area contributed by atoms with Gasteiger partial charge in [0.1, 0.15) is 16.8 Å². The van der Waals surface area contributed by atoms with Crippen LogP contribution in [0.25, 0.3) is 11.4 Å². The first-order valence-corrected chi connectivity index (χ1v) is 13.0. The standard InChI is InChI=1S/C24H27N5O2S2/c1-4-29-22(16-7-9-17(10-8-16)31-5-2)27-28-24(29)32-14-21(30)26-23-19(13-25)18-11-6-15(3)12-20(18)33-23/h7-10,15H,4-6,11-12,14H2,1-3H3,(H,26,30). The van der Waals surface area contributed by atoms with Gasteiger partial charge in [0.2, 0.25) is 5.91 Å². The molecule has 1 unspecified atom stereocenters. The molecule has 2 heterocycles. The van der Waals surface area contributed by atoms with Crippen LogP contribution in [0.5, 0.6) is 5.75 Å². The number of nitriles is 1. The molecule has 3 aromatic rings. The molecule has 1 aliphatic rings. The van der Waals surface area contributed by atoms with Crippen LogP contribution in [0.3, 0.4) is 0 Å². The fraction of sp³-hybridized carbons (Fsp3) is 0.417. The Labute approximate surface area is 202 Å². The van der Waals surface area contributed by atoms with E-state index in [-0.39, 0.29) is 11.7 Å². The predicted molar refractivity (Wildman–Crippen MR) is 132 cm³/mol. The first-order valence-electron chi connectivity index (χ1n) is 11.2. The fourth-order valence-corrected chi connectivity index (χ4v) is 6.19. The van der Waals surface area contributed by atoms with Crippen molar-refractivity contribution >= 4 is 34.0 Å². The van der Waals surface area contributed by atoms with Crippen LogP contribution in [0, 0.1) is 17.2 Å². The second kappa shape index (κ2) is 10.4. The number of amides is 1. The minimum Gasteiger partial charge on any atom is -0.494 e. The number of nitrogens with one attached hydrogen (secondary N) is 1. The second-order valence-electron chi connectivity index (χ2n) is 8.01. The van der Waals surface area contributed by atoms with E-state index in [4.69, 9.17) is 4.74 Å². The van der Waals surface area contributed by atoms with Crippen LogP contribution >= 0.6 is 23.1 Å². The number of anilines is 1. The van der Waals surface area contributed by atoms with E-state index in [2.05, 4.69) is 28.5 Å². The maximum Gasteiger partial charge on any atom is 0.235 e. The number of thioether (sulfide) groups is 1. The number of fused-ring (bicyclic) bond motifs is 1. The molecule has 0 aliphatic heterocycles. The summed E-state index contributed by atoms with van der Waals surface area (Å²) in [5.41, 5.74) is 2.70. The Morgan fingerprint density at radius 2 is 2.12 bits per heavy atom. The zero-order valence-electron chi connectivity index (χ0n) is 19.1. The number of rotatable bonds is 8. The molecule has 1 amide bonds. The number of ether oxygens (including phenoxy) is 1. The number of hydrogen-bond donors (Lipinski definition) is 1. The molecule has 0 radical (unpaired) electrons. The third kappa shape index (κ3) is 5.07. The molecule has 1 aromatic carbocycles. The lowest BCUT2D eigenvalue weighted by Crippen LogP contribution is -2.14. The van der Waals surface area contributed by atoms with E-state index in [9.17, 15) is 10.1 Å². The van der Waals surface area contributed by atoms with E-state index < -0.39 is 0 Å². The topological polar surface area (TPSA) is 92.8 Å². The zero-order valence-corrected chi connectivity index (χ0v) is 20.7. The average Bonchev–Trinajstić information content (AvgIpc) is 3.38. The summed E-state index contributed by atoms with van der Waals surface area (Å²) in [5.74, 6) is 2.25. The lowest BCUT2D eigenvalue weighted by Gasteiger charge is -2.17. The average molecular weight is 482 g/mol. The summed E-state index contributed by atoms with van der Waals surface area (Å²) >= 11 is 2.90. The molecule has 0 fully saturated rings. The fourth-order valence-electron chi connectivity index (χ4n) is 4.01. The van der Waals surface area contributed by atoms with Crippen LogP contribution in [0.15, 0.2) is 29.4 Å². The molecule has 33 heavy (non-hydrogen) atoms. The number of benzene rings is 1. The summed E-state index contributed by atoms with van der Waals surface area (Å²) < 4.78 is 7.51. The first-order chi connectivity index (χ1) is 16.0. The van der Waals surface area contributed by atoms with Crippen LogP contribution in [0.2, 0.25) is 0 Å². The van der Waals surface area contributed by atoms with Crippen molar-refractivity contribution in [2.24, 2.45) is 5.92 Å². The number of carbonyl (C=O) groups excluding carboxylic acids is 1. The lowest BCUT2D eigenvalue weighted by atomic mass is 9.89. The summed E-state index contributed by atoms with van der Waals surface area (Å²) in [6.07, 6.45) is 2.98. The SMILES string of the molecule is CCOc1ccc(-c2nnc(SCC(=O)Nc3sc4c(c3C#N)CCC(C)C4)n2CC)cc1. The highest BCUT2D eigenvalue weighted by molar-refractivity contribution is 7.99. The van der Waals surface area contributed by atoms with Crippen LogP contribution < -0.4 is 10.1 Å². The molecule has 2 aromatic heterocycles. The van der Waals surface area contributed by atoms with Gasteiger partial charge >= 0.3 is 0 Å². The molecule has 0 saturated heterocycles. The van der Waals surface area contributed by atoms with Crippen molar-refractivity contribution in [3.63, 3.8) is 0 Å². The van der Waals surface area contributed by atoms with Crippen LogP contribution in [-0.4, -0.2) is 33.0 Å². The van der Waals surface area contributed by atoms with Crippen LogP contribution in [-0.2, 0) is 24.2 Å². The van der Waals surface area contributed by atoms with E-state index in [1.54, 1.807) is 11.3 Å². The number of aromatic nitrogens is 3. The quantitative estimate of drug-likeness (QED) is 0.447. The molecular formula is C24H27N5O2S2. The van der Waals surface area contributed by atoms with E-state index in [0.29, 0.717) is 34.8 Å². The summed E-state index contributed by atoms with van der Waals surface area (Å²) in [4.78, 5) is 13.9. The molecule has 7 nitrogen and oxygen atoms in total. The number of nitrogens with zero attached hydrogens (tertiary/aromatic N) is 4. The van der Waals surface area contributed by atoms with Crippen molar-refractivity contribution in [2.45, 2.75) is 51.7 Å². The number of thiophene rings is 1. The van der Waals surface area contributed by atoms with Crippen LogP contribution in [0.4, 0.5) is 5.00 Å². The maximum atomic E-state index is 12.7. The Bertz CT molecular complexity index is 1180. The summed E-state index contributed by atoms with van der Waals surface area (Å²) in [5, 5.41) is 22.6. The van der Waals surface area contributed by atoms with Crippen molar-refractivity contribution in [3.8, 4) is 23.2 Å². The molecule has 4 rings (SSSR count).